The van der Waals surface area contributed by atoms with Crippen LogP contribution in [0.5, 0.6) is 5.75 Å². The zero-order valence-corrected chi connectivity index (χ0v) is 17.4. The Bertz CT molecular complexity index is 1120. The number of nitro benzene ring substituents is 1. The largest absolute Gasteiger partial charge is 0.497 e. The molecule has 0 radical (unpaired) electrons. The Hall–Kier alpha value is -3.31. The zero-order valence-electron chi connectivity index (χ0n) is 16.5. The Morgan fingerprint density at radius 3 is 2.30 bits per heavy atom. The van der Waals surface area contributed by atoms with E-state index in [1.54, 1.807) is 45.2 Å². The molecule has 0 aliphatic carbocycles. The average Bonchev–Trinajstić information content (AvgIpc) is 3.20. The molecule has 2 aromatic carbocycles. The molecule has 11 heteroatoms. The number of methoxy groups -OCH3 is 1. The molecule has 0 fully saturated rings. The molecule has 0 bridgehead atoms. The highest BCUT2D eigenvalue weighted by molar-refractivity contribution is 7.89. The fourth-order valence-electron chi connectivity index (χ4n) is 2.73. The number of hydrogen-bond acceptors (Lipinski definition) is 8. The monoisotopic (exact) mass is 432 g/mol. The van der Waals surface area contributed by atoms with E-state index in [1.165, 1.54) is 16.4 Å². The van der Waals surface area contributed by atoms with Crippen LogP contribution in [0.2, 0.25) is 0 Å². The number of rotatable bonds is 8. The van der Waals surface area contributed by atoms with Crippen LogP contribution in [-0.4, -0.2) is 40.9 Å². The van der Waals surface area contributed by atoms with E-state index in [-0.39, 0.29) is 23.0 Å². The highest BCUT2D eigenvalue weighted by Gasteiger charge is 2.29. The van der Waals surface area contributed by atoms with Gasteiger partial charge in [0.25, 0.3) is 5.69 Å². The van der Waals surface area contributed by atoms with E-state index in [9.17, 15) is 18.5 Å². The summed E-state index contributed by atoms with van der Waals surface area (Å²) in [7, 11) is -2.38. The van der Waals surface area contributed by atoms with Crippen LogP contribution in [-0.2, 0) is 16.6 Å². The van der Waals surface area contributed by atoms with Crippen LogP contribution in [0, 0.1) is 10.1 Å². The van der Waals surface area contributed by atoms with Gasteiger partial charge in [-0.1, -0.05) is 5.16 Å². The van der Waals surface area contributed by atoms with E-state index in [0.29, 0.717) is 17.1 Å². The number of nitrogens with zero attached hydrogens (tertiary/aromatic N) is 4. The molecule has 3 rings (SSSR count). The number of benzene rings is 2. The standard InChI is InChI=1S/C19H20N4O6S/c1-13(2)22(30(26,27)17-10-6-15(7-11-17)23(24)25)12-18-20-19(21-29-18)14-4-8-16(28-3)9-5-14/h4-11,13H,12H2,1-3H3. The van der Waals surface area contributed by atoms with Gasteiger partial charge >= 0.3 is 0 Å². The van der Waals surface area contributed by atoms with E-state index >= 15 is 0 Å². The smallest absolute Gasteiger partial charge is 0.269 e. The Balaban J connectivity index is 1.85. The lowest BCUT2D eigenvalue weighted by Gasteiger charge is -2.24. The maximum absolute atomic E-state index is 13.1. The van der Waals surface area contributed by atoms with Gasteiger partial charge in [0.15, 0.2) is 0 Å². The van der Waals surface area contributed by atoms with Gasteiger partial charge in [-0.3, -0.25) is 10.1 Å². The molecule has 0 spiro atoms. The number of aromatic nitrogens is 2. The third-order valence-corrected chi connectivity index (χ3v) is 6.37. The predicted molar refractivity (Wildman–Crippen MR) is 107 cm³/mol. The van der Waals surface area contributed by atoms with Crippen LogP contribution in [0.15, 0.2) is 57.9 Å². The van der Waals surface area contributed by atoms with Crippen molar-refractivity contribution in [2.24, 2.45) is 0 Å². The second-order valence-corrected chi connectivity index (χ2v) is 8.53. The van der Waals surface area contributed by atoms with Gasteiger partial charge < -0.3 is 9.26 Å². The van der Waals surface area contributed by atoms with Crippen molar-refractivity contribution in [2.45, 2.75) is 31.3 Å². The summed E-state index contributed by atoms with van der Waals surface area (Å²) in [6.07, 6.45) is 0. The fraction of sp³-hybridized carbons (Fsp3) is 0.263. The van der Waals surface area contributed by atoms with Crippen molar-refractivity contribution in [3.8, 4) is 17.1 Å². The summed E-state index contributed by atoms with van der Waals surface area (Å²) < 4.78 is 37.7. The minimum absolute atomic E-state index is 0.0586. The Morgan fingerprint density at radius 1 is 1.13 bits per heavy atom. The highest BCUT2D eigenvalue weighted by Crippen LogP contribution is 2.24. The molecule has 30 heavy (non-hydrogen) atoms. The molecule has 0 saturated carbocycles. The van der Waals surface area contributed by atoms with Gasteiger partial charge in [-0.2, -0.15) is 9.29 Å². The summed E-state index contributed by atoms with van der Waals surface area (Å²) in [6, 6.07) is 11.3. The summed E-state index contributed by atoms with van der Waals surface area (Å²) in [5.41, 5.74) is 0.506. The number of non-ortho nitro benzene ring substituents is 1. The molecule has 0 amide bonds. The molecular weight excluding hydrogens is 412 g/mol. The van der Waals surface area contributed by atoms with Gasteiger partial charge in [0.05, 0.1) is 23.5 Å². The Kier molecular flexibility index (Phi) is 6.13. The maximum atomic E-state index is 13.1. The fourth-order valence-corrected chi connectivity index (χ4v) is 4.32. The molecule has 0 saturated heterocycles. The van der Waals surface area contributed by atoms with Crippen LogP contribution >= 0.6 is 0 Å². The summed E-state index contributed by atoms with van der Waals surface area (Å²) in [5, 5.41) is 14.7. The van der Waals surface area contributed by atoms with Crippen LogP contribution in [0.25, 0.3) is 11.4 Å². The van der Waals surface area contributed by atoms with Gasteiger partial charge in [-0.15, -0.1) is 0 Å². The van der Waals surface area contributed by atoms with Gasteiger partial charge in [0, 0.05) is 23.7 Å². The average molecular weight is 432 g/mol. The van der Waals surface area contributed by atoms with E-state index in [1.807, 2.05) is 0 Å². The van der Waals surface area contributed by atoms with Gasteiger partial charge in [0.2, 0.25) is 21.7 Å². The lowest BCUT2D eigenvalue weighted by Crippen LogP contribution is -2.36. The summed E-state index contributed by atoms with van der Waals surface area (Å²) >= 11 is 0. The third-order valence-electron chi connectivity index (χ3n) is 4.34. The normalized spacial score (nSPS) is 11.8. The van der Waals surface area contributed by atoms with E-state index in [4.69, 9.17) is 9.26 Å². The molecular formula is C19H20N4O6S. The Labute approximate surface area is 173 Å². The summed E-state index contributed by atoms with van der Waals surface area (Å²) in [4.78, 5) is 14.5. The first-order valence-corrected chi connectivity index (χ1v) is 10.4. The predicted octanol–water partition coefficient (Wildman–Crippen LogP) is 3.25. The molecule has 0 aliphatic rings. The van der Waals surface area contributed by atoms with Gasteiger partial charge in [-0.05, 0) is 50.2 Å². The van der Waals surface area contributed by atoms with E-state index < -0.39 is 21.0 Å². The molecule has 0 atom stereocenters. The van der Waals surface area contributed by atoms with Crippen molar-refractivity contribution in [3.05, 3.63) is 64.5 Å². The second kappa shape index (κ2) is 8.59. The molecule has 3 aromatic rings. The topological polar surface area (TPSA) is 129 Å². The SMILES string of the molecule is COc1ccc(-c2noc(CN(C(C)C)S(=O)(=O)c3ccc([N+](=O)[O-])cc3)n2)cc1. The molecule has 0 unspecified atom stereocenters. The molecule has 1 heterocycles. The number of ether oxygens (including phenoxy) is 1. The maximum Gasteiger partial charge on any atom is 0.269 e. The van der Waals surface area contributed by atoms with E-state index in [0.717, 1.165) is 12.1 Å². The molecule has 0 aliphatic heterocycles. The first-order valence-electron chi connectivity index (χ1n) is 8.95. The van der Waals surface area contributed by atoms with Crippen LogP contribution in [0.4, 0.5) is 5.69 Å². The lowest BCUT2D eigenvalue weighted by atomic mass is 10.2. The van der Waals surface area contributed by atoms with Crippen molar-refractivity contribution < 1.29 is 22.6 Å². The van der Waals surface area contributed by atoms with Gasteiger partial charge in [-0.25, -0.2) is 8.42 Å². The second-order valence-electron chi connectivity index (χ2n) is 6.64. The van der Waals surface area contributed by atoms with Crippen LogP contribution < -0.4 is 4.74 Å². The summed E-state index contributed by atoms with van der Waals surface area (Å²) in [5.74, 6) is 1.13. The minimum Gasteiger partial charge on any atom is -0.497 e. The van der Waals surface area contributed by atoms with Gasteiger partial charge in [0.1, 0.15) is 5.75 Å². The minimum atomic E-state index is -3.94. The first kappa shape index (κ1) is 21.4. The molecule has 0 N–H and O–H groups in total. The van der Waals surface area contributed by atoms with Crippen molar-refractivity contribution in [1.29, 1.82) is 0 Å². The van der Waals surface area contributed by atoms with Crippen LogP contribution in [0.3, 0.4) is 0 Å². The zero-order chi connectivity index (χ0) is 21.9. The van der Waals surface area contributed by atoms with Crippen molar-refractivity contribution >= 4 is 15.7 Å². The molecule has 10 nitrogen and oxygen atoms in total. The number of hydrogen-bond donors (Lipinski definition) is 0. The summed E-state index contributed by atoms with van der Waals surface area (Å²) in [6.45, 7) is 3.29. The van der Waals surface area contributed by atoms with Crippen LogP contribution in [0.1, 0.15) is 19.7 Å². The first-order chi connectivity index (χ1) is 14.2. The number of nitro groups is 1. The Morgan fingerprint density at radius 2 is 1.77 bits per heavy atom. The molecule has 1 aromatic heterocycles. The van der Waals surface area contributed by atoms with Crippen molar-refractivity contribution in [1.82, 2.24) is 14.4 Å². The lowest BCUT2D eigenvalue weighted by molar-refractivity contribution is -0.384. The third kappa shape index (κ3) is 4.47. The van der Waals surface area contributed by atoms with E-state index in [2.05, 4.69) is 10.1 Å². The quantitative estimate of drug-likeness (QED) is 0.392. The number of sulfonamides is 1. The van der Waals surface area contributed by atoms with Crippen molar-refractivity contribution in [3.63, 3.8) is 0 Å². The molecule has 158 valence electrons. The highest BCUT2D eigenvalue weighted by atomic mass is 32.2. The van der Waals surface area contributed by atoms with Crippen molar-refractivity contribution in [2.75, 3.05) is 7.11 Å².